The maximum atomic E-state index is 11.6. The van der Waals surface area contributed by atoms with Crippen molar-refractivity contribution in [1.82, 2.24) is 4.57 Å². The van der Waals surface area contributed by atoms with E-state index >= 15 is 0 Å². The molecule has 1 N–H and O–H groups in total. The molecule has 5 heteroatoms. The van der Waals surface area contributed by atoms with Gasteiger partial charge in [-0.25, -0.2) is 8.42 Å². The number of aromatic hydroxyl groups is 1. The zero-order valence-corrected chi connectivity index (χ0v) is 13.7. The fourth-order valence-electron chi connectivity index (χ4n) is 2.58. The highest BCUT2D eigenvalue weighted by Gasteiger charge is 2.11. The first-order valence-electron chi connectivity index (χ1n) is 7.14. The quantitative estimate of drug-likeness (QED) is 0.800. The normalized spacial score (nSPS) is 11.6. The van der Waals surface area contributed by atoms with Gasteiger partial charge in [0.25, 0.3) is 0 Å². The van der Waals surface area contributed by atoms with Crippen molar-refractivity contribution in [2.75, 3.05) is 6.26 Å². The molecule has 3 aromatic rings. The highest BCUT2D eigenvalue weighted by molar-refractivity contribution is 7.90. The van der Waals surface area contributed by atoms with E-state index in [1.54, 1.807) is 24.3 Å². The molecule has 0 aliphatic rings. The molecule has 4 nitrogen and oxygen atoms in total. The minimum Gasteiger partial charge on any atom is -0.508 e. The second-order valence-corrected chi connectivity index (χ2v) is 7.52. The predicted octanol–water partition coefficient (Wildman–Crippen LogP) is 3.56. The Balaban J connectivity index is 2.10. The second-order valence-electron chi connectivity index (χ2n) is 5.51. The van der Waals surface area contributed by atoms with Gasteiger partial charge in [-0.2, -0.15) is 0 Å². The number of phenolic OH excluding ortho intramolecular Hbond substituents is 1. The molecule has 0 radical (unpaired) electrons. The van der Waals surface area contributed by atoms with Crippen molar-refractivity contribution >= 4 is 9.84 Å². The van der Waals surface area contributed by atoms with Gasteiger partial charge in [-0.05, 0) is 61.0 Å². The third-order valence-electron chi connectivity index (χ3n) is 3.76. The molecule has 0 fully saturated rings. The summed E-state index contributed by atoms with van der Waals surface area (Å²) >= 11 is 0. The van der Waals surface area contributed by atoms with Crippen molar-refractivity contribution in [3.05, 3.63) is 66.4 Å². The molecule has 0 amide bonds. The van der Waals surface area contributed by atoms with Gasteiger partial charge in [0.05, 0.1) is 10.6 Å². The molecule has 0 saturated heterocycles. The number of hydrogen-bond donors (Lipinski definition) is 1. The summed E-state index contributed by atoms with van der Waals surface area (Å²) < 4.78 is 25.2. The Bertz CT molecular complexity index is 937. The Morgan fingerprint density at radius 1 is 0.870 bits per heavy atom. The Hall–Kier alpha value is -2.53. The smallest absolute Gasteiger partial charge is 0.175 e. The predicted molar refractivity (Wildman–Crippen MR) is 90.7 cm³/mol. The van der Waals surface area contributed by atoms with Crippen LogP contribution in [0.3, 0.4) is 0 Å². The van der Waals surface area contributed by atoms with E-state index in [0.29, 0.717) is 4.90 Å². The number of aromatic nitrogens is 1. The fraction of sp³-hybridized carbons (Fsp3) is 0.111. The summed E-state index contributed by atoms with van der Waals surface area (Å²) in [6.07, 6.45) is 1.20. The second kappa shape index (κ2) is 5.59. The molecule has 1 aromatic heterocycles. The lowest BCUT2D eigenvalue weighted by molar-refractivity contribution is 0.475. The van der Waals surface area contributed by atoms with E-state index in [4.69, 9.17) is 0 Å². The van der Waals surface area contributed by atoms with Gasteiger partial charge in [-0.15, -0.1) is 0 Å². The molecule has 0 aliphatic heterocycles. The van der Waals surface area contributed by atoms with E-state index in [0.717, 1.165) is 22.6 Å². The molecule has 23 heavy (non-hydrogen) atoms. The summed E-state index contributed by atoms with van der Waals surface area (Å²) in [5, 5.41) is 9.45. The van der Waals surface area contributed by atoms with Crippen molar-refractivity contribution < 1.29 is 13.5 Å². The molecule has 0 atom stereocenters. The van der Waals surface area contributed by atoms with Crippen molar-refractivity contribution in [3.63, 3.8) is 0 Å². The summed E-state index contributed by atoms with van der Waals surface area (Å²) in [5.74, 6) is 0.220. The summed E-state index contributed by atoms with van der Waals surface area (Å²) in [6, 6.07) is 17.8. The van der Waals surface area contributed by atoms with E-state index in [1.807, 2.05) is 43.3 Å². The highest BCUT2D eigenvalue weighted by Crippen LogP contribution is 2.28. The monoisotopic (exact) mass is 327 g/mol. The number of rotatable bonds is 3. The van der Waals surface area contributed by atoms with Gasteiger partial charge in [0.1, 0.15) is 5.75 Å². The van der Waals surface area contributed by atoms with Crippen LogP contribution in [0.25, 0.3) is 16.9 Å². The van der Waals surface area contributed by atoms with Crippen molar-refractivity contribution in [3.8, 4) is 22.7 Å². The SMILES string of the molecule is Cc1ccc(-c2ccc(S(C)(=O)=O)cc2)n1-c1ccc(O)cc1. The first kappa shape index (κ1) is 15.4. The average molecular weight is 327 g/mol. The topological polar surface area (TPSA) is 59.3 Å². The van der Waals surface area contributed by atoms with Crippen LogP contribution in [0.2, 0.25) is 0 Å². The van der Waals surface area contributed by atoms with Crippen molar-refractivity contribution in [2.24, 2.45) is 0 Å². The zero-order chi connectivity index (χ0) is 16.6. The lowest BCUT2D eigenvalue weighted by Gasteiger charge is -2.12. The van der Waals surface area contributed by atoms with Crippen LogP contribution in [-0.4, -0.2) is 24.3 Å². The summed E-state index contributed by atoms with van der Waals surface area (Å²) in [6.45, 7) is 2.00. The molecule has 118 valence electrons. The van der Waals surface area contributed by atoms with Crippen LogP contribution in [0.4, 0.5) is 0 Å². The van der Waals surface area contributed by atoms with Crippen LogP contribution in [0, 0.1) is 6.92 Å². The standard InChI is InChI=1S/C18H17NO3S/c1-13-3-12-18(19(13)15-6-8-16(20)9-7-15)14-4-10-17(11-5-14)23(2,21)22/h3-12,20H,1-2H3. The first-order valence-corrected chi connectivity index (χ1v) is 9.03. The summed E-state index contributed by atoms with van der Waals surface area (Å²) in [4.78, 5) is 0.306. The van der Waals surface area contributed by atoms with Gasteiger partial charge in [0.2, 0.25) is 0 Å². The Labute approximate surface area is 135 Å². The molecule has 0 saturated carbocycles. The number of phenols is 1. The minimum absolute atomic E-state index is 0.220. The highest BCUT2D eigenvalue weighted by atomic mass is 32.2. The van der Waals surface area contributed by atoms with Gasteiger partial charge in [-0.1, -0.05) is 12.1 Å². The first-order chi connectivity index (χ1) is 10.9. The number of aryl methyl sites for hydroxylation is 1. The minimum atomic E-state index is -3.20. The molecule has 0 spiro atoms. The average Bonchev–Trinajstić information content (AvgIpc) is 2.89. The van der Waals surface area contributed by atoms with Gasteiger partial charge in [-0.3, -0.25) is 0 Å². The molecule has 0 bridgehead atoms. The van der Waals surface area contributed by atoms with E-state index < -0.39 is 9.84 Å². The molecule has 0 aliphatic carbocycles. The van der Waals surface area contributed by atoms with E-state index in [-0.39, 0.29) is 5.75 Å². The maximum Gasteiger partial charge on any atom is 0.175 e. The van der Waals surface area contributed by atoms with Crippen LogP contribution in [0.5, 0.6) is 5.75 Å². The molecule has 3 rings (SSSR count). The fourth-order valence-corrected chi connectivity index (χ4v) is 3.21. The van der Waals surface area contributed by atoms with Gasteiger partial charge >= 0.3 is 0 Å². The number of sulfone groups is 1. The molecular weight excluding hydrogens is 310 g/mol. The lowest BCUT2D eigenvalue weighted by atomic mass is 10.1. The molecular formula is C18H17NO3S. The summed E-state index contributed by atoms with van der Waals surface area (Å²) in [7, 11) is -3.20. The number of nitrogens with zero attached hydrogens (tertiary/aromatic N) is 1. The van der Waals surface area contributed by atoms with Crippen molar-refractivity contribution in [1.29, 1.82) is 0 Å². The van der Waals surface area contributed by atoms with Gasteiger partial charge < -0.3 is 9.67 Å². The van der Waals surface area contributed by atoms with Gasteiger partial charge in [0, 0.05) is 17.6 Å². The van der Waals surface area contributed by atoms with E-state index in [2.05, 4.69) is 4.57 Å². The maximum absolute atomic E-state index is 11.6. The van der Waals surface area contributed by atoms with Crippen LogP contribution in [0.1, 0.15) is 5.69 Å². The van der Waals surface area contributed by atoms with Crippen molar-refractivity contribution in [2.45, 2.75) is 11.8 Å². The van der Waals surface area contributed by atoms with Gasteiger partial charge in [0.15, 0.2) is 9.84 Å². The molecule has 0 unspecified atom stereocenters. The van der Waals surface area contributed by atoms with Crippen LogP contribution >= 0.6 is 0 Å². The zero-order valence-electron chi connectivity index (χ0n) is 12.9. The summed E-state index contributed by atoms with van der Waals surface area (Å²) in [5.41, 5.74) is 3.89. The van der Waals surface area contributed by atoms with Crippen LogP contribution in [-0.2, 0) is 9.84 Å². The molecule has 1 heterocycles. The lowest BCUT2D eigenvalue weighted by Crippen LogP contribution is -2.00. The van der Waals surface area contributed by atoms with Crippen LogP contribution < -0.4 is 0 Å². The molecule has 2 aromatic carbocycles. The number of hydrogen-bond acceptors (Lipinski definition) is 3. The Kier molecular flexibility index (Phi) is 3.74. The van der Waals surface area contributed by atoms with E-state index in [1.165, 1.54) is 6.26 Å². The van der Waals surface area contributed by atoms with Crippen LogP contribution in [0.15, 0.2) is 65.6 Å². The third-order valence-corrected chi connectivity index (χ3v) is 4.89. The largest absolute Gasteiger partial charge is 0.508 e. The Morgan fingerprint density at radius 3 is 2.04 bits per heavy atom. The number of benzene rings is 2. The van der Waals surface area contributed by atoms with E-state index in [9.17, 15) is 13.5 Å². The Morgan fingerprint density at radius 2 is 1.48 bits per heavy atom. The third kappa shape index (κ3) is 3.00.